The number of ether oxygens (including phenoxy) is 1. The summed E-state index contributed by atoms with van der Waals surface area (Å²) in [5, 5.41) is 21.3. The highest BCUT2D eigenvalue weighted by Crippen LogP contribution is 2.27. The van der Waals surface area contributed by atoms with Crippen LogP contribution in [0.2, 0.25) is 0 Å². The number of nitrogens with zero attached hydrogens (tertiary/aromatic N) is 1. The van der Waals surface area contributed by atoms with Crippen molar-refractivity contribution in [1.29, 1.82) is 5.26 Å². The minimum absolute atomic E-state index is 0.0200. The summed E-state index contributed by atoms with van der Waals surface area (Å²) in [6, 6.07) is 6.54. The van der Waals surface area contributed by atoms with Gasteiger partial charge in [0, 0.05) is 6.54 Å². The third-order valence-electron chi connectivity index (χ3n) is 2.50. The smallest absolute Gasteiger partial charge is 0.261 e. The highest BCUT2D eigenvalue weighted by Gasteiger charge is 2.09. The normalized spacial score (nSPS) is 10.8. The number of amides is 1. The number of nitriles is 1. The molecule has 0 bridgehead atoms. The standard InChI is InChI=1S/C15H18N2O3/c1-3-7-17-15(19)12(10-16)8-11-5-6-13(18)14(9-11)20-4-2/h5-6,8-9,18H,3-4,7H2,1-2H3,(H,17,19)/b12-8+. The lowest BCUT2D eigenvalue weighted by molar-refractivity contribution is -0.117. The van der Waals surface area contributed by atoms with Crippen LogP contribution >= 0.6 is 0 Å². The highest BCUT2D eigenvalue weighted by molar-refractivity contribution is 6.01. The summed E-state index contributed by atoms with van der Waals surface area (Å²) in [5.41, 5.74) is 0.640. The molecule has 1 amide bonds. The first kappa shape index (κ1) is 15.6. The van der Waals surface area contributed by atoms with Crippen LogP contribution in [0, 0.1) is 11.3 Å². The van der Waals surface area contributed by atoms with E-state index < -0.39 is 5.91 Å². The number of nitrogens with one attached hydrogen (secondary N) is 1. The summed E-state index contributed by atoms with van der Waals surface area (Å²) < 4.78 is 5.26. The first-order chi connectivity index (χ1) is 9.62. The molecule has 0 saturated heterocycles. The first-order valence-electron chi connectivity index (χ1n) is 6.48. The van der Waals surface area contributed by atoms with Gasteiger partial charge < -0.3 is 15.2 Å². The van der Waals surface area contributed by atoms with Crippen LogP contribution in [0.3, 0.4) is 0 Å². The van der Waals surface area contributed by atoms with E-state index in [0.29, 0.717) is 24.5 Å². The molecular formula is C15H18N2O3. The molecule has 0 aliphatic carbocycles. The van der Waals surface area contributed by atoms with Crippen LogP contribution in [0.15, 0.2) is 23.8 Å². The number of phenolic OH excluding ortho intramolecular Hbond substituents is 1. The van der Waals surface area contributed by atoms with Crippen LogP contribution in [0.4, 0.5) is 0 Å². The molecule has 0 fully saturated rings. The van der Waals surface area contributed by atoms with E-state index >= 15 is 0 Å². The molecule has 0 radical (unpaired) electrons. The fourth-order valence-electron chi connectivity index (χ4n) is 1.54. The summed E-state index contributed by atoms with van der Waals surface area (Å²) in [7, 11) is 0. The number of phenols is 1. The van der Waals surface area contributed by atoms with Crippen LogP contribution in [0.25, 0.3) is 6.08 Å². The predicted molar refractivity (Wildman–Crippen MR) is 76.2 cm³/mol. The second kappa shape index (κ2) is 7.85. The van der Waals surface area contributed by atoms with E-state index in [2.05, 4.69) is 5.32 Å². The molecule has 106 valence electrons. The highest BCUT2D eigenvalue weighted by atomic mass is 16.5. The second-order valence-corrected chi connectivity index (χ2v) is 4.09. The molecule has 5 nitrogen and oxygen atoms in total. The maximum Gasteiger partial charge on any atom is 0.261 e. The number of hydrogen-bond donors (Lipinski definition) is 2. The minimum atomic E-state index is -0.402. The Morgan fingerprint density at radius 3 is 2.85 bits per heavy atom. The van der Waals surface area contributed by atoms with Gasteiger partial charge in [0.2, 0.25) is 0 Å². The third-order valence-corrected chi connectivity index (χ3v) is 2.50. The molecule has 0 aliphatic rings. The molecule has 0 aromatic heterocycles. The second-order valence-electron chi connectivity index (χ2n) is 4.09. The Morgan fingerprint density at radius 1 is 1.50 bits per heavy atom. The largest absolute Gasteiger partial charge is 0.504 e. The van der Waals surface area contributed by atoms with Crippen LogP contribution in [0.1, 0.15) is 25.8 Å². The van der Waals surface area contributed by atoms with Crippen molar-refractivity contribution in [3.63, 3.8) is 0 Å². The maximum absolute atomic E-state index is 11.7. The van der Waals surface area contributed by atoms with Gasteiger partial charge in [0.05, 0.1) is 6.61 Å². The Bertz CT molecular complexity index is 545. The number of carbonyl (C=O) groups excluding carboxylic acids is 1. The predicted octanol–water partition coefficient (Wildman–Crippen LogP) is 2.22. The molecular weight excluding hydrogens is 256 g/mol. The zero-order chi connectivity index (χ0) is 15.0. The van der Waals surface area contributed by atoms with Crippen molar-refractivity contribution in [2.24, 2.45) is 0 Å². The number of carbonyl (C=O) groups is 1. The molecule has 1 aromatic carbocycles. The number of aromatic hydroxyl groups is 1. The topological polar surface area (TPSA) is 82.4 Å². The number of benzene rings is 1. The molecule has 0 unspecified atom stereocenters. The van der Waals surface area contributed by atoms with Crippen molar-refractivity contribution >= 4 is 12.0 Å². The van der Waals surface area contributed by atoms with Gasteiger partial charge in [0.25, 0.3) is 5.91 Å². The van der Waals surface area contributed by atoms with Gasteiger partial charge in [-0.05, 0) is 37.1 Å². The summed E-state index contributed by atoms with van der Waals surface area (Å²) in [6.07, 6.45) is 2.27. The van der Waals surface area contributed by atoms with Gasteiger partial charge in [-0.1, -0.05) is 13.0 Å². The average Bonchev–Trinajstić information content (AvgIpc) is 2.45. The molecule has 0 heterocycles. The van der Waals surface area contributed by atoms with E-state index in [1.165, 1.54) is 12.1 Å². The molecule has 0 aliphatic heterocycles. The van der Waals surface area contributed by atoms with Crippen LogP contribution < -0.4 is 10.1 Å². The Kier molecular flexibility index (Phi) is 6.11. The molecule has 1 aromatic rings. The fraction of sp³-hybridized carbons (Fsp3) is 0.333. The van der Waals surface area contributed by atoms with E-state index in [1.54, 1.807) is 19.1 Å². The van der Waals surface area contributed by atoms with Gasteiger partial charge in [-0.2, -0.15) is 5.26 Å². The molecule has 5 heteroatoms. The molecule has 2 N–H and O–H groups in total. The van der Waals surface area contributed by atoms with E-state index in [4.69, 9.17) is 10.00 Å². The average molecular weight is 274 g/mol. The SMILES string of the molecule is CCCNC(=O)/C(C#N)=C/c1ccc(O)c(OCC)c1. The van der Waals surface area contributed by atoms with Gasteiger partial charge in [-0.15, -0.1) is 0 Å². The minimum Gasteiger partial charge on any atom is -0.504 e. The zero-order valence-electron chi connectivity index (χ0n) is 11.6. The number of rotatable bonds is 6. The van der Waals surface area contributed by atoms with E-state index in [0.717, 1.165) is 6.42 Å². The van der Waals surface area contributed by atoms with Crippen LogP contribution in [-0.2, 0) is 4.79 Å². The molecule has 0 atom stereocenters. The quantitative estimate of drug-likeness (QED) is 0.615. The molecule has 1 rings (SSSR count). The van der Waals surface area contributed by atoms with Crippen molar-refractivity contribution in [2.75, 3.05) is 13.2 Å². The van der Waals surface area contributed by atoms with E-state index in [-0.39, 0.29) is 11.3 Å². The Hall–Kier alpha value is -2.48. The van der Waals surface area contributed by atoms with Crippen LogP contribution in [0.5, 0.6) is 11.5 Å². The summed E-state index contributed by atoms with van der Waals surface area (Å²) in [5.74, 6) is -0.0502. The van der Waals surface area contributed by atoms with Crippen molar-refractivity contribution in [2.45, 2.75) is 20.3 Å². The van der Waals surface area contributed by atoms with Gasteiger partial charge in [-0.25, -0.2) is 0 Å². The fourth-order valence-corrected chi connectivity index (χ4v) is 1.54. The van der Waals surface area contributed by atoms with Gasteiger partial charge in [-0.3, -0.25) is 4.79 Å². The first-order valence-corrected chi connectivity index (χ1v) is 6.48. The van der Waals surface area contributed by atoms with Gasteiger partial charge in [0.15, 0.2) is 11.5 Å². The van der Waals surface area contributed by atoms with Crippen molar-refractivity contribution in [3.05, 3.63) is 29.3 Å². The Morgan fingerprint density at radius 2 is 2.25 bits per heavy atom. The Balaban J connectivity index is 2.98. The van der Waals surface area contributed by atoms with E-state index in [9.17, 15) is 9.90 Å². The summed E-state index contributed by atoms with van der Waals surface area (Å²) >= 11 is 0. The molecule has 0 saturated carbocycles. The van der Waals surface area contributed by atoms with Crippen molar-refractivity contribution in [1.82, 2.24) is 5.32 Å². The molecule has 20 heavy (non-hydrogen) atoms. The third kappa shape index (κ3) is 4.32. The monoisotopic (exact) mass is 274 g/mol. The van der Waals surface area contributed by atoms with E-state index in [1.807, 2.05) is 13.0 Å². The van der Waals surface area contributed by atoms with Gasteiger partial charge in [0.1, 0.15) is 11.6 Å². The lowest BCUT2D eigenvalue weighted by Gasteiger charge is -2.07. The lowest BCUT2D eigenvalue weighted by atomic mass is 10.1. The summed E-state index contributed by atoms with van der Waals surface area (Å²) in [6.45, 7) is 4.69. The lowest BCUT2D eigenvalue weighted by Crippen LogP contribution is -2.25. The number of hydrogen-bond acceptors (Lipinski definition) is 4. The maximum atomic E-state index is 11.7. The summed E-state index contributed by atoms with van der Waals surface area (Å²) in [4.78, 5) is 11.7. The van der Waals surface area contributed by atoms with Crippen LogP contribution in [-0.4, -0.2) is 24.2 Å². The van der Waals surface area contributed by atoms with Crippen molar-refractivity contribution in [3.8, 4) is 17.6 Å². The van der Waals surface area contributed by atoms with Crippen molar-refractivity contribution < 1.29 is 14.6 Å². The molecule has 0 spiro atoms. The van der Waals surface area contributed by atoms with Gasteiger partial charge >= 0.3 is 0 Å². The zero-order valence-corrected chi connectivity index (χ0v) is 11.6. The Labute approximate surface area is 118 Å².